The average Bonchev–Trinajstić information content (AvgIpc) is 3.34. The second-order valence-corrected chi connectivity index (χ2v) is 10.2. The molecular formula is C23H21BrCl2N4S. The molecule has 0 saturated heterocycles. The van der Waals surface area contributed by atoms with Crippen LogP contribution in [0.2, 0.25) is 10.0 Å². The summed E-state index contributed by atoms with van der Waals surface area (Å²) < 4.78 is 2.90. The van der Waals surface area contributed by atoms with Gasteiger partial charge < -0.3 is 0 Å². The standard InChI is InChI=1S/C23H21BrCl2N4S/c1-4-5-13(2)22-27-28-23(31-22)20-14(3)21(15-6-8-16(24)9-7-15)30(29-20)19-11-10-17(25)12-18(19)26/h6-13H,4-5H2,1-3H3. The van der Waals surface area contributed by atoms with Crippen molar-refractivity contribution in [1.29, 1.82) is 0 Å². The normalized spacial score (nSPS) is 12.3. The van der Waals surface area contributed by atoms with Gasteiger partial charge in [-0.3, -0.25) is 0 Å². The highest BCUT2D eigenvalue weighted by Gasteiger charge is 2.23. The lowest BCUT2D eigenvalue weighted by Gasteiger charge is -2.11. The SMILES string of the molecule is CCCC(C)c1nnc(-c2nn(-c3ccc(Cl)cc3Cl)c(-c3ccc(Br)cc3)c2C)s1. The molecule has 0 spiro atoms. The highest BCUT2D eigenvalue weighted by atomic mass is 79.9. The summed E-state index contributed by atoms with van der Waals surface area (Å²) in [6, 6.07) is 13.6. The van der Waals surface area contributed by atoms with Crippen molar-refractivity contribution in [3.8, 4) is 27.6 Å². The quantitative estimate of drug-likeness (QED) is 0.249. The molecule has 8 heteroatoms. The fourth-order valence-corrected chi connectivity index (χ4v) is 5.28. The van der Waals surface area contributed by atoms with Gasteiger partial charge in [-0.15, -0.1) is 10.2 Å². The van der Waals surface area contributed by atoms with Crippen LogP contribution in [-0.4, -0.2) is 20.0 Å². The number of benzene rings is 2. The van der Waals surface area contributed by atoms with Crippen LogP contribution in [0.15, 0.2) is 46.9 Å². The summed E-state index contributed by atoms with van der Waals surface area (Å²) in [5, 5.41) is 16.8. The average molecular weight is 536 g/mol. The summed E-state index contributed by atoms with van der Waals surface area (Å²) in [4.78, 5) is 0. The molecule has 2 heterocycles. The van der Waals surface area contributed by atoms with Gasteiger partial charge in [-0.1, -0.05) is 82.9 Å². The second kappa shape index (κ2) is 9.41. The minimum atomic E-state index is 0.385. The molecule has 2 aromatic heterocycles. The van der Waals surface area contributed by atoms with E-state index < -0.39 is 0 Å². The van der Waals surface area contributed by atoms with Gasteiger partial charge in [0.1, 0.15) is 10.7 Å². The van der Waals surface area contributed by atoms with Crippen molar-refractivity contribution in [2.75, 3.05) is 0 Å². The van der Waals surface area contributed by atoms with Crippen molar-refractivity contribution < 1.29 is 0 Å². The van der Waals surface area contributed by atoms with Gasteiger partial charge in [-0.2, -0.15) is 5.10 Å². The Hall–Kier alpha value is -1.73. The number of nitrogens with zero attached hydrogens (tertiary/aromatic N) is 4. The molecule has 0 aliphatic heterocycles. The molecule has 160 valence electrons. The van der Waals surface area contributed by atoms with E-state index in [4.69, 9.17) is 28.3 Å². The van der Waals surface area contributed by atoms with Crippen LogP contribution in [0.25, 0.3) is 27.6 Å². The zero-order valence-electron chi connectivity index (χ0n) is 17.4. The summed E-state index contributed by atoms with van der Waals surface area (Å²) in [6.07, 6.45) is 2.21. The van der Waals surface area contributed by atoms with Crippen molar-refractivity contribution in [3.63, 3.8) is 0 Å². The maximum Gasteiger partial charge on any atom is 0.168 e. The molecule has 4 aromatic rings. The maximum atomic E-state index is 6.56. The van der Waals surface area contributed by atoms with Crippen LogP contribution in [-0.2, 0) is 0 Å². The van der Waals surface area contributed by atoms with Crippen molar-refractivity contribution in [2.45, 2.75) is 39.5 Å². The first kappa shape index (κ1) is 22.5. The minimum absolute atomic E-state index is 0.385. The van der Waals surface area contributed by atoms with E-state index in [9.17, 15) is 0 Å². The molecule has 0 aliphatic carbocycles. The highest BCUT2D eigenvalue weighted by molar-refractivity contribution is 9.10. The van der Waals surface area contributed by atoms with Crippen molar-refractivity contribution >= 4 is 50.5 Å². The molecule has 0 N–H and O–H groups in total. The van der Waals surface area contributed by atoms with Gasteiger partial charge >= 0.3 is 0 Å². The van der Waals surface area contributed by atoms with Gasteiger partial charge in [0.25, 0.3) is 0 Å². The molecule has 0 saturated carbocycles. The molecule has 4 nitrogen and oxygen atoms in total. The maximum absolute atomic E-state index is 6.56. The molecule has 1 unspecified atom stereocenters. The number of halogens is 3. The summed E-state index contributed by atoms with van der Waals surface area (Å²) >= 11 is 17.8. The number of rotatable bonds is 6. The molecule has 31 heavy (non-hydrogen) atoms. The first-order valence-corrected chi connectivity index (χ1v) is 12.4. The summed E-state index contributed by atoms with van der Waals surface area (Å²) in [5.41, 5.74) is 4.61. The molecular weight excluding hydrogens is 515 g/mol. The highest BCUT2D eigenvalue weighted by Crippen LogP contribution is 2.38. The van der Waals surface area contributed by atoms with Crippen molar-refractivity contribution in [2.24, 2.45) is 0 Å². The first-order chi connectivity index (χ1) is 14.9. The smallest absolute Gasteiger partial charge is 0.168 e. The van der Waals surface area contributed by atoms with E-state index in [0.29, 0.717) is 16.0 Å². The molecule has 1 atom stereocenters. The van der Waals surface area contributed by atoms with E-state index >= 15 is 0 Å². The molecule has 0 amide bonds. The van der Waals surface area contributed by atoms with Crippen LogP contribution >= 0.6 is 50.5 Å². The number of hydrogen-bond acceptors (Lipinski definition) is 4. The summed E-state index contributed by atoms with van der Waals surface area (Å²) in [5.74, 6) is 0.385. The van der Waals surface area contributed by atoms with Gasteiger partial charge in [0, 0.05) is 26.5 Å². The lowest BCUT2D eigenvalue weighted by atomic mass is 10.1. The summed E-state index contributed by atoms with van der Waals surface area (Å²) in [7, 11) is 0. The van der Waals surface area contributed by atoms with Crippen molar-refractivity contribution in [3.05, 3.63) is 67.6 Å². The summed E-state index contributed by atoms with van der Waals surface area (Å²) in [6.45, 7) is 6.45. The van der Waals surface area contributed by atoms with Crippen LogP contribution in [0.5, 0.6) is 0 Å². The van der Waals surface area contributed by atoms with Crippen LogP contribution in [0.4, 0.5) is 0 Å². The van der Waals surface area contributed by atoms with Gasteiger partial charge in [0.15, 0.2) is 5.01 Å². The second-order valence-electron chi connectivity index (χ2n) is 7.47. The molecule has 2 aromatic carbocycles. The lowest BCUT2D eigenvalue weighted by Crippen LogP contribution is -2.00. The zero-order chi connectivity index (χ0) is 22.1. The van der Waals surface area contributed by atoms with Crippen LogP contribution in [0.3, 0.4) is 0 Å². The van der Waals surface area contributed by atoms with E-state index in [1.165, 1.54) is 0 Å². The van der Waals surface area contributed by atoms with Crippen LogP contribution < -0.4 is 0 Å². The van der Waals surface area contributed by atoms with Gasteiger partial charge in [-0.25, -0.2) is 4.68 Å². The lowest BCUT2D eigenvalue weighted by molar-refractivity contribution is 0.654. The number of aromatic nitrogens is 4. The van der Waals surface area contributed by atoms with Crippen LogP contribution in [0.1, 0.15) is 43.2 Å². The van der Waals surface area contributed by atoms with E-state index in [2.05, 4.69) is 59.0 Å². The van der Waals surface area contributed by atoms with Crippen molar-refractivity contribution in [1.82, 2.24) is 20.0 Å². The molecule has 4 rings (SSSR count). The third kappa shape index (κ3) is 4.58. The van der Waals surface area contributed by atoms with E-state index in [1.54, 1.807) is 17.4 Å². The zero-order valence-corrected chi connectivity index (χ0v) is 21.3. The monoisotopic (exact) mass is 534 g/mol. The molecule has 0 aliphatic rings. The largest absolute Gasteiger partial charge is 0.231 e. The fourth-order valence-electron chi connectivity index (χ4n) is 3.56. The predicted molar refractivity (Wildman–Crippen MR) is 134 cm³/mol. The van der Waals surface area contributed by atoms with Crippen LogP contribution in [0, 0.1) is 6.92 Å². The third-order valence-corrected chi connectivity index (χ3v) is 7.39. The Morgan fingerprint density at radius 1 is 1.10 bits per heavy atom. The fraction of sp³-hybridized carbons (Fsp3) is 0.261. The predicted octanol–water partition coefficient (Wildman–Crippen LogP) is 8.34. The Morgan fingerprint density at radius 3 is 2.52 bits per heavy atom. The minimum Gasteiger partial charge on any atom is -0.231 e. The Balaban J connectivity index is 1.89. The van der Waals surface area contributed by atoms with Gasteiger partial charge in [-0.05, 0) is 43.7 Å². The Morgan fingerprint density at radius 2 is 1.84 bits per heavy atom. The molecule has 0 fully saturated rings. The molecule has 0 bridgehead atoms. The molecule has 0 radical (unpaired) electrons. The Bertz CT molecular complexity index is 1220. The van der Waals surface area contributed by atoms with E-state index in [-0.39, 0.29) is 0 Å². The third-order valence-electron chi connectivity index (χ3n) is 5.16. The van der Waals surface area contributed by atoms with Gasteiger partial charge in [0.2, 0.25) is 0 Å². The Labute approximate surface area is 204 Å². The van der Waals surface area contributed by atoms with Gasteiger partial charge in [0.05, 0.1) is 16.4 Å². The number of hydrogen-bond donors (Lipinski definition) is 0. The van der Waals surface area contributed by atoms with E-state index in [0.717, 1.165) is 55.5 Å². The first-order valence-electron chi connectivity index (χ1n) is 10.0. The Kier molecular flexibility index (Phi) is 6.82. The topological polar surface area (TPSA) is 43.6 Å². The van der Waals surface area contributed by atoms with E-state index in [1.807, 2.05) is 28.9 Å².